The first-order valence-electron chi connectivity index (χ1n) is 7.52. The van der Waals surface area contributed by atoms with Gasteiger partial charge in [0.25, 0.3) is 5.91 Å². The summed E-state index contributed by atoms with van der Waals surface area (Å²) in [6.45, 7) is 0.520. The number of benzene rings is 2. The van der Waals surface area contributed by atoms with E-state index in [1.54, 1.807) is 13.1 Å². The Kier molecular flexibility index (Phi) is 6.31. The largest absolute Gasteiger partial charge is 0.492 e. The van der Waals surface area contributed by atoms with Crippen LogP contribution in [0.5, 0.6) is 5.75 Å². The molecule has 5 nitrogen and oxygen atoms in total. The number of hydrogen-bond donors (Lipinski definition) is 1. The number of halogens is 1. The van der Waals surface area contributed by atoms with Crippen molar-refractivity contribution < 1.29 is 18.7 Å². The fourth-order valence-electron chi connectivity index (χ4n) is 1.97. The van der Waals surface area contributed by atoms with Crippen molar-refractivity contribution in [3.63, 3.8) is 0 Å². The maximum Gasteiger partial charge on any atom is 0.254 e. The van der Waals surface area contributed by atoms with Crippen molar-refractivity contribution in [1.82, 2.24) is 10.2 Å². The Labute approximate surface area is 140 Å². The van der Waals surface area contributed by atoms with E-state index in [1.807, 2.05) is 30.3 Å². The maximum atomic E-state index is 13.5. The molecule has 0 atom stereocenters. The first kappa shape index (κ1) is 17.5. The molecule has 0 spiro atoms. The molecule has 2 aromatic carbocycles. The predicted molar refractivity (Wildman–Crippen MR) is 88.3 cm³/mol. The fourth-order valence-corrected chi connectivity index (χ4v) is 1.97. The van der Waals surface area contributed by atoms with Crippen molar-refractivity contribution in [3.8, 4) is 5.75 Å². The van der Waals surface area contributed by atoms with Crippen LogP contribution in [-0.4, -0.2) is 43.5 Å². The van der Waals surface area contributed by atoms with Crippen molar-refractivity contribution in [1.29, 1.82) is 0 Å². The molecule has 0 aliphatic rings. The lowest BCUT2D eigenvalue weighted by Crippen LogP contribution is -2.39. The molecular formula is C18H19FN2O3. The highest BCUT2D eigenvalue weighted by Crippen LogP contribution is 2.08. The number of carbonyl (C=O) groups is 2. The summed E-state index contributed by atoms with van der Waals surface area (Å²) in [6, 6.07) is 14.9. The fraction of sp³-hybridized carbons (Fsp3) is 0.222. The van der Waals surface area contributed by atoms with Crippen LogP contribution in [0.2, 0.25) is 0 Å². The van der Waals surface area contributed by atoms with Crippen molar-refractivity contribution in [2.24, 2.45) is 0 Å². The van der Waals surface area contributed by atoms with Crippen LogP contribution in [0.15, 0.2) is 54.6 Å². The zero-order valence-corrected chi connectivity index (χ0v) is 13.4. The van der Waals surface area contributed by atoms with Gasteiger partial charge in [0.05, 0.1) is 18.7 Å². The number of ether oxygens (including phenoxy) is 1. The van der Waals surface area contributed by atoms with Crippen LogP contribution in [0, 0.1) is 5.82 Å². The van der Waals surface area contributed by atoms with Gasteiger partial charge in [0.15, 0.2) is 0 Å². The van der Waals surface area contributed by atoms with Gasteiger partial charge >= 0.3 is 0 Å². The second-order valence-electron chi connectivity index (χ2n) is 5.14. The van der Waals surface area contributed by atoms with E-state index in [9.17, 15) is 14.0 Å². The van der Waals surface area contributed by atoms with Gasteiger partial charge in [0.1, 0.15) is 18.2 Å². The minimum atomic E-state index is -0.618. The molecule has 0 unspecified atom stereocenters. The SMILES string of the molecule is CN(CCOc1ccccc1)C(=O)CNC(=O)c1ccccc1F. The van der Waals surface area contributed by atoms with Crippen molar-refractivity contribution in [2.75, 3.05) is 26.7 Å². The van der Waals surface area contributed by atoms with Crippen LogP contribution < -0.4 is 10.1 Å². The highest BCUT2D eigenvalue weighted by molar-refractivity contribution is 5.96. The summed E-state index contributed by atoms with van der Waals surface area (Å²) < 4.78 is 19.0. The number of nitrogens with zero attached hydrogens (tertiary/aromatic N) is 1. The molecule has 0 saturated carbocycles. The number of carbonyl (C=O) groups excluding carboxylic acids is 2. The van der Waals surface area contributed by atoms with Crippen LogP contribution in [0.1, 0.15) is 10.4 Å². The topological polar surface area (TPSA) is 58.6 Å². The molecule has 6 heteroatoms. The summed E-state index contributed by atoms with van der Waals surface area (Å²) >= 11 is 0. The molecule has 0 radical (unpaired) electrons. The van der Waals surface area contributed by atoms with Crippen LogP contribution in [0.3, 0.4) is 0 Å². The van der Waals surface area contributed by atoms with Gasteiger partial charge < -0.3 is 15.0 Å². The summed E-state index contributed by atoms with van der Waals surface area (Å²) in [5.74, 6) is -0.787. The van der Waals surface area contributed by atoms with Gasteiger partial charge in [0, 0.05) is 7.05 Å². The zero-order valence-electron chi connectivity index (χ0n) is 13.4. The quantitative estimate of drug-likeness (QED) is 0.846. The van der Waals surface area contributed by atoms with E-state index in [1.165, 1.54) is 23.1 Å². The van der Waals surface area contributed by atoms with Gasteiger partial charge in [-0.05, 0) is 24.3 Å². The molecule has 1 N–H and O–H groups in total. The van der Waals surface area contributed by atoms with Gasteiger partial charge in [-0.1, -0.05) is 30.3 Å². The molecule has 0 bridgehead atoms. The van der Waals surface area contributed by atoms with Crippen LogP contribution in [0.25, 0.3) is 0 Å². The summed E-state index contributed by atoms with van der Waals surface area (Å²) in [5, 5.41) is 2.42. The van der Waals surface area contributed by atoms with Gasteiger partial charge in [-0.3, -0.25) is 9.59 Å². The van der Waals surface area contributed by atoms with Gasteiger partial charge in [0.2, 0.25) is 5.91 Å². The minimum Gasteiger partial charge on any atom is -0.492 e. The molecular weight excluding hydrogens is 311 g/mol. The lowest BCUT2D eigenvalue weighted by atomic mass is 10.2. The van der Waals surface area contributed by atoms with Crippen LogP contribution >= 0.6 is 0 Å². The summed E-state index contributed by atoms with van der Waals surface area (Å²) in [5.41, 5.74) is -0.0830. The van der Waals surface area contributed by atoms with Gasteiger partial charge in [-0.2, -0.15) is 0 Å². The molecule has 0 heterocycles. The molecule has 126 valence electrons. The highest BCUT2D eigenvalue weighted by Gasteiger charge is 2.14. The predicted octanol–water partition coefficient (Wildman–Crippen LogP) is 2.09. The standard InChI is InChI=1S/C18H19FN2O3/c1-21(11-12-24-14-7-3-2-4-8-14)17(22)13-20-18(23)15-9-5-6-10-16(15)19/h2-10H,11-13H2,1H3,(H,20,23). The normalized spacial score (nSPS) is 10.1. The molecule has 2 amide bonds. The molecule has 0 aromatic heterocycles. The van der Waals surface area contributed by atoms with Crippen LogP contribution in [-0.2, 0) is 4.79 Å². The lowest BCUT2D eigenvalue weighted by molar-refractivity contribution is -0.129. The summed E-state index contributed by atoms with van der Waals surface area (Å²) in [7, 11) is 1.62. The Morgan fingerprint density at radius 1 is 1.08 bits per heavy atom. The average Bonchev–Trinajstić information content (AvgIpc) is 2.60. The Morgan fingerprint density at radius 3 is 2.46 bits per heavy atom. The third-order valence-corrected chi connectivity index (χ3v) is 3.38. The Balaban J connectivity index is 1.73. The van der Waals surface area contributed by atoms with E-state index in [0.29, 0.717) is 13.2 Å². The van der Waals surface area contributed by atoms with Crippen molar-refractivity contribution in [3.05, 3.63) is 66.0 Å². The van der Waals surface area contributed by atoms with E-state index >= 15 is 0 Å². The molecule has 24 heavy (non-hydrogen) atoms. The Bertz CT molecular complexity index is 692. The van der Waals surface area contributed by atoms with E-state index in [-0.39, 0.29) is 18.0 Å². The smallest absolute Gasteiger partial charge is 0.254 e. The zero-order chi connectivity index (χ0) is 17.4. The maximum absolute atomic E-state index is 13.5. The molecule has 2 rings (SSSR count). The number of likely N-dealkylation sites (N-methyl/N-ethyl adjacent to an activating group) is 1. The number of amides is 2. The first-order chi connectivity index (χ1) is 11.6. The first-order valence-corrected chi connectivity index (χ1v) is 7.52. The monoisotopic (exact) mass is 330 g/mol. The van der Waals surface area contributed by atoms with Crippen molar-refractivity contribution >= 4 is 11.8 Å². The number of nitrogens with one attached hydrogen (secondary N) is 1. The van der Waals surface area contributed by atoms with E-state index in [4.69, 9.17) is 4.74 Å². The van der Waals surface area contributed by atoms with E-state index in [0.717, 1.165) is 5.75 Å². The van der Waals surface area contributed by atoms with E-state index < -0.39 is 11.7 Å². The molecule has 0 aliphatic carbocycles. The second-order valence-corrected chi connectivity index (χ2v) is 5.14. The van der Waals surface area contributed by atoms with E-state index in [2.05, 4.69) is 5.32 Å². The van der Waals surface area contributed by atoms with Crippen LogP contribution in [0.4, 0.5) is 4.39 Å². The minimum absolute atomic E-state index is 0.0830. The summed E-state index contributed by atoms with van der Waals surface area (Å²) in [4.78, 5) is 25.3. The van der Waals surface area contributed by atoms with Gasteiger partial charge in [-0.25, -0.2) is 4.39 Å². The van der Waals surface area contributed by atoms with Crippen molar-refractivity contribution in [2.45, 2.75) is 0 Å². The van der Waals surface area contributed by atoms with Gasteiger partial charge in [-0.15, -0.1) is 0 Å². The second kappa shape index (κ2) is 8.67. The third kappa shape index (κ3) is 5.08. The number of hydrogen-bond acceptors (Lipinski definition) is 3. The third-order valence-electron chi connectivity index (χ3n) is 3.38. The summed E-state index contributed by atoms with van der Waals surface area (Å²) in [6.07, 6.45) is 0. The number of para-hydroxylation sites is 1. The Morgan fingerprint density at radius 2 is 1.75 bits per heavy atom. The Hall–Kier alpha value is -2.89. The number of rotatable bonds is 7. The molecule has 2 aromatic rings. The average molecular weight is 330 g/mol. The molecule has 0 fully saturated rings. The molecule has 0 saturated heterocycles. The molecule has 0 aliphatic heterocycles. The highest BCUT2D eigenvalue weighted by atomic mass is 19.1. The lowest BCUT2D eigenvalue weighted by Gasteiger charge is -2.18.